The highest BCUT2D eigenvalue weighted by molar-refractivity contribution is 5.96. The molecular formula is C33H39N3O2. The van der Waals surface area contributed by atoms with Gasteiger partial charge in [0.05, 0.1) is 16.6 Å². The molecule has 0 bridgehead atoms. The molecule has 3 aromatic carbocycles. The van der Waals surface area contributed by atoms with Gasteiger partial charge < -0.3 is 15.0 Å². The van der Waals surface area contributed by atoms with Gasteiger partial charge >= 0.3 is 5.97 Å². The maximum atomic E-state index is 11.7. The Hall–Kier alpha value is -3.60. The van der Waals surface area contributed by atoms with Gasteiger partial charge in [0.15, 0.2) is 0 Å². The summed E-state index contributed by atoms with van der Waals surface area (Å²) in [6.07, 6.45) is 11.4. The molecular weight excluding hydrogens is 470 g/mol. The number of benzene rings is 3. The Labute approximate surface area is 225 Å². The lowest BCUT2D eigenvalue weighted by atomic mass is 9.87. The highest BCUT2D eigenvalue weighted by Gasteiger charge is 2.15. The Balaban J connectivity index is 1.37. The fourth-order valence-corrected chi connectivity index (χ4v) is 5.77. The Bertz CT molecular complexity index is 1370. The molecule has 5 heteroatoms. The van der Waals surface area contributed by atoms with Gasteiger partial charge in [-0.05, 0) is 59.7 Å². The lowest BCUT2D eigenvalue weighted by Crippen LogP contribution is -2.12. The summed E-state index contributed by atoms with van der Waals surface area (Å²) in [6.45, 7) is 3.98. The molecule has 0 spiro atoms. The number of aromatic carboxylic acids is 1. The van der Waals surface area contributed by atoms with Gasteiger partial charge in [-0.2, -0.15) is 0 Å². The first-order valence-corrected chi connectivity index (χ1v) is 14.3. The first kappa shape index (κ1) is 26.0. The van der Waals surface area contributed by atoms with Gasteiger partial charge in [0.1, 0.15) is 5.82 Å². The molecule has 5 rings (SSSR count). The van der Waals surface area contributed by atoms with Crippen LogP contribution in [0.15, 0.2) is 66.7 Å². The Kier molecular flexibility index (Phi) is 8.42. The third-order valence-corrected chi connectivity index (χ3v) is 7.95. The smallest absolute Gasteiger partial charge is 0.336 e. The standard InChI is InChI=1S/C33H39N3O2/c1-2-3-13-32-35-30-19-18-27(34-21-20-24-9-5-4-6-10-24)22-31(30)36(32)23-25-14-16-26(17-15-25)28-11-7-8-12-29(28)33(37)38/h7-8,11-12,14-19,22,24,34H,2-6,9-10,13,20-21,23H2,1H3,(H,37,38). The fraction of sp³-hybridized carbons (Fsp3) is 0.394. The van der Waals surface area contributed by atoms with Crippen molar-refractivity contribution in [3.8, 4) is 11.1 Å². The lowest BCUT2D eigenvalue weighted by molar-refractivity contribution is 0.0697. The second kappa shape index (κ2) is 12.3. The topological polar surface area (TPSA) is 67.2 Å². The molecule has 2 N–H and O–H groups in total. The van der Waals surface area contributed by atoms with Crippen LogP contribution in [0.1, 0.15) is 80.0 Å². The van der Waals surface area contributed by atoms with Crippen LogP contribution in [0.25, 0.3) is 22.2 Å². The number of hydrogen-bond acceptors (Lipinski definition) is 3. The van der Waals surface area contributed by atoms with Gasteiger partial charge in [-0.1, -0.05) is 87.9 Å². The number of rotatable bonds is 11. The van der Waals surface area contributed by atoms with Gasteiger partial charge in [0, 0.05) is 25.2 Å². The molecule has 1 saturated carbocycles. The number of aromatic nitrogens is 2. The molecule has 4 aromatic rings. The molecule has 1 aromatic heterocycles. The van der Waals surface area contributed by atoms with Gasteiger partial charge in [-0.15, -0.1) is 0 Å². The number of aryl methyl sites for hydroxylation is 1. The van der Waals surface area contributed by atoms with E-state index in [1.54, 1.807) is 12.1 Å². The second-order valence-corrected chi connectivity index (χ2v) is 10.7. The van der Waals surface area contributed by atoms with E-state index in [1.807, 2.05) is 24.3 Å². The zero-order chi connectivity index (χ0) is 26.3. The monoisotopic (exact) mass is 509 g/mol. The largest absolute Gasteiger partial charge is 0.478 e. The molecule has 0 saturated heterocycles. The normalized spacial score (nSPS) is 14.1. The molecule has 0 aliphatic heterocycles. The minimum absolute atomic E-state index is 0.325. The van der Waals surface area contributed by atoms with Crippen molar-refractivity contribution in [3.05, 3.63) is 83.7 Å². The van der Waals surface area contributed by atoms with Crippen LogP contribution in [0.5, 0.6) is 0 Å². The Morgan fingerprint density at radius 1 is 1.03 bits per heavy atom. The van der Waals surface area contributed by atoms with Crippen molar-refractivity contribution in [1.29, 1.82) is 0 Å². The number of unbranched alkanes of at least 4 members (excludes halogenated alkanes) is 1. The number of carboxylic acid groups (broad SMARTS) is 1. The van der Waals surface area contributed by atoms with Gasteiger partial charge in [0.25, 0.3) is 0 Å². The molecule has 38 heavy (non-hydrogen) atoms. The molecule has 1 aliphatic rings. The molecule has 1 heterocycles. The number of carboxylic acids is 1. The second-order valence-electron chi connectivity index (χ2n) is 10.7. The minimum atomic E-state index is -0.904. The van der Waals surface area contributed by atoms with Crippen molar-refractivity contribution in [2.24, 2.45) is 5.92 Å². The molecule has 0 atom stereocenters. The molecule has 5 nitrogen and oxygen atoms in total. The highest BCUT2D eigenvalue weighted by Crippen LogP contribution is 2.28. The van der Waals surface area contributed by atoms with E-state index in [1.165, 1.54) is 49.6 Å². The minimum Gasteiger partial charge on any atom is -0.478 e. The molecule has 198 valence electrons. The van der Waals surface area contributed by atoms with Crippen LogP contribution in [0.3, 0.4) is 0 Å². The molecule has 0 amide bonds. The SMILES string of the molecule is CCCCc1nc2ccc(NCCC3CCCCC3)cc2n1Cc1ccc(-c2ccccc2C(=O)O)cc1. The molecule has 1 aliphatic carbocycles. The Morgan fingerprint density at radius 3 is 2.58 bits per heavy atom. The van der Waals surface area contributed by atoms with Gasteiger partial charge in [-0.3, -0.25) is 0 Å². The lowest BCUT2D eigenvalue weighted by Gasteiger charge is -2.21. The van der Waals surface area contributed by atoms with Crippen LogP contribution >= 0.6 is 0 Å². The van der Waals surface area contributed by atoms with E-state index < -0.39 is 5.97 Å². The van der Waals surface area contributed by atoms with E-state index in [0.717, 1.165) is 66.4 Å². The maximum absolute atomic E-state index is 11.7. The average Bonchev–Trinajstić information content (AvgIpc) is 3.29. The van der Waals surface area contributed by atoms with Crippen molar-refractivity contribution in [3.63, 3.8) is 0 Å². The summed E-state index contributed by atoms with van der Waals surface area (Å²) in [5.74, 6) is 1.09. The zero-order valence-corrected chi connectivity index (χ0v) is 22.5. The van der Waals surface area contributed by atoms with E-state index in [9.17, 15) is 9.90 Å². The van der Waals surface area contributed by atoms with E-state index in [4.69, 9.17) is 4.98 Å². The van der Waals surface area contributed by atoms with E-state index >= 15 is 0 Å². The number of imidazole rings is 1. The number of fused-ring (bicyclic) bond motifs is 1. The summed E-state index contributed by atoms with van der Waals surface area (Å²) in [6, 6.07) is 22.0. The Morgan fingerprint density at radius 2 is 1.82 bits per heavy atom. The molecule has 0 radical (unpaired) electrons. The van der Waals surface area contributed by atoms with Crippen molar-refractivity contribution >= 4 is 22.7 Å². The number of hydrogen-bond donors (Lipinski definition) is 2. The quantitative estimate of drug-likeness (QED) is 0.214. The van der Waals surface area contributed by atoms with Crippen molar-refractivity contribution in [1.82, 2.24) is 9.55 Å². The van der Waals surface area contributed by atoms with Crippen LogP contribution in [-0.4, -0.2) is 27.2 Å². The maximum Gasteiger partial charge on any atom is 0.336 e. The van der Waals surface area contributed by atoms with Gasteiger partial charge in [-0.25, -0.2) is 9.78 Å². The summed E-state index contributed by atoms with van der Waals surface area (Å²) in [5.41, 5.74) is 6.53. The van der Waals surface area contributed by atoms with Crippen LogP contribution in [0, 0.1) is 5.92 Å². The van der Waals surface area contributed by atoms with Crippen molar-refractivity contribution in [2.75, 3.05) is 11.9 Å². The number of carbonyl (C=O) groups is 1. The summed E-state index contributed by atoms with van der Waals surface area (Å²) < 4.78 is 2.36. The average molecular weight is 510 g/mol. The van der Waals surface area contributed by atoms with Crippen molar-refractivity contribution in [2.45, 2.75) is 71.3 Å². The molecule has 0 unspecified atom stereocenters. The number of nitrogens with zero attached hydrogens (tertiary/aromatic N) is 2. The van der Waals surface area contributed by atoms with E-state index in [2.05, 4.69) is 47.1 Å². The third kappa shape index (κ3) is 6.09. The summed E-state index contributed by atoms with van der Waals surface area (Å²) >= 11 is 0. The molecule has 1 fully saturated rings. The predicted molar refractivity (Wildman–Crippen MR) is 156 cm³/mol. The fourth-order valence-electron chi connectivity index (χ4n) is 5.77. The van der Waals surface area contributed by atoms with E-state index in [0.29, 0.717) is 5.56 Å². The summed E-state index contributed by atoms with van der Waals surface area (Å²) in [7, 11) is 0. The first-order chi connectivity index (χ1) is 18.6. The predicted octanol–water partition coefficient (Wildman–Crippen LogP) is 8.17. The third-order valence-electron chi connectivity index (χ3n) is 7.95. The van der Waals surface area contributed by atoms with Gasteiger partial charge in [0.2, 0.25) is 0 Å². The van der Waals surface area contributed by atoms with E-state index in [-0.39, 0.29) is 0 Å². The van der Waals surface area contributed by atoms with Crippen LogP contribution in [0.2, 0.25) is 0 Å². The van der Waals surface area contributed by atoms with Crippen molar-refractivity contribution < 1.29 is 9.90 Å². The van der Waals surface area contributed by atoms with Crippen LogP contribution in [0.4, 0.5) is 5.69 Å². The summed E-state index contributed by atoms with van der Waals surface area (Å²) in [5, 5.41) is 13.3. The van der Waals surface area contributed by atoms with Crippen LogP contribution < -0.4 is 5.32 Å². The first-order valence-electron chi connectivity index (χ1n) is 14.3. The highest BCUT2D eigenvalue weighted by atomic mass is 16.4. The summed E-state index contributed by atoms with van der Waals surface area (Å²) in [4.78, 5) is 16.7. The van der Waals surface area contributed by atoms with Crippen LogP contribution in [-0.2, 0) is 13.0 Å². The number of anilines is 1. The number of nitrogens with one attached hydrogen (secondary N) is 1. The zero-order valence-electron chi connectivity index (χ0n) is 22.5.